The molecule has 0 spiro atoms. The van der Waals surface area contributed by atoms with Crippen LogP contribution in [0.2, 0.25) is 0 Å². The van der Waals surface area contributed by atoms with Crippen LogP contribution in [0.25, 0.3) is 11.1 Å². The van der Waals surface area contributed by atoms with Crippen LogP contribution in [0, 0.1) is 13.8 Å². The Morgan fingerprint density at radius 1 is 1.08 bits per heavy atom. The number of carboxylic acids is 1. The first kappa shape index (κ1) is 32.9. The first-order chi connectivity index (χ1) is 17.6. The number of hydrogen-bond donors (Lipinski definition) is 3. The van der Waals surface area contributed by atoms with E-state index in [0.717, 1.165) is 13.5 Å². The highest BCUT2D eigenvalue weighted by atomic mass is 16.4. The first-order valence-corrected chi connectivity index (χ1v) is 11.8. The third-order valence-corrected chi connectivity index (χ3v) is 4.66. The van der Waals surface area contributed by atoms with E-state index in [-0.39, 0.29) is 17.7 Å². The molecule has 1 amide bonds. The second-order valence-electron chi connectivity index (χ2n) is 7.61. The van der Waals surface area contributed by atoms with Gasteiger partial charge in [0.05, 0.1) is 6.54 Å². The molecule has 0 aliphatic rings. The van der Waals surface area contributed by atoms with Gasteiger partial charge in [0.15, 0.2) is 0 Å². The maximum Gasteiger partial charge on any atom is 0.300 e. The Hall–Kier alpha value is -4.11. The molecule has 0 fully saturated rings. The maximum absolute atomic E-state index is 11.4. The van der Waals surface area contributed by atoms with Gasteiger partial charge in [-0.05, 0) is 61.3 Å². The van der Waals surface area contributed by atoms with Crippen LogP contribution in [0.3, 0.4) is 0 Å². The van der Waals surface area contributed by atoms with Gasteiger partial charge in [0.2, 0.25) is 0 Å². The lowest BCUT2D eigenvalue weighted by Crippen LogP contribution is -2.32. The molecule has 3 aromatic rings. The van der Waals surface area contributed by atoms with E-state index < -0.39 is 11.9 Å². The van der Waals surface area contributed by atoms with Crippen LogP contribution in [0.1, 0.15) is 47.8 Å². The lowest BCUT2D eigenvalue weighted by Gasteiger charge is -2.10. The van der Waals surface area contributed by atoms with Crippen molar-refractivity contribution in [1.82, 2.24) is 20.2 Å². The Morgan fingerprint density at radius 2 is 1.68 bits per heavy atom. The summed E-state index contributed by atoms with van der Waals surface area (Å²) in [6.45, 7) is 10.1. The zero-order chi connectivity index (χ0) is 28.4. The third kappa shape index (κ3) is 11.9. The van der Waals surface area contributed by atoms with E-state index in [1.165, 1.54) is 38.5 Å². The minimum absolute atomic E-state index is 0.0388. The van der Waals surface area contributed by atoms with Crippen molar-refractivity contribution in [3.05, 3.63) is 87.6 Å². The third-order valence-electron chi connectivity index (χ3n) is 4.66. The molecule has 0 saturated carbocycles. The molecule has 0 bridgehead atoms. The van der Waals surface area contributed by atoms with Gasteiger partial charge in [-0.25, -0.2) is 0 Å². The van der Waals surface area contributed by atoms with Crippen molar-refractivity contribution in [2.45, 2.75) is 41.2 Å². The monoisotopic (exact) mass is 510 g/mol. The van der Waals surface area contributed by atoms with Gasteiger partial charge >= 0.3 is 0 Å². The first-order valence-electron chi connectivity index (χ1n) is 11.8. The summed E-state index contributed by atoms with van der Waals surface area (Å²) >= 11 is 0. The number of aliphatic carboxylic acids is 1. The SMILES string of the molecule is CC.CC(=O)O.CNCc1cncc(-c2c(C)cccc2C)c1.Cn1cccc(C(=O)NCC=O)c1=O. The minimum atomic E-state index is -0.833. The van der Waals surface area contributed by atoms with Gasteiger partial charge in [0.1, 0.15) is 11.8 Å². The van der Waals surface area contributed by atoms with E-state index in [1.54, 1.807) is 19.3 Å². The van der Waals surface area contributed by atoms with Crippen molar-refractivity contribution >= 4 is 18.2 Å². The summed E-state index contributed by atoms with van der Waals surface area (Å²) in [5.74, 6) is -1.36. The average Bonchev–Trinajstić information content (AvgIpc) is 2.86. The van der Waals surface area contributed by atoms with Crippen LogP contribution in [0.15, 0.2) is 59.8 Å². The second kappa shape index (κ2) is 18.2. The predicted molar refractivity (Wildman–Crippen MR) is 147 cm³/mol. The Morgan fingerprint density at radius 3 is 2.22 bits per heavy atom. The van der Waals surface area contributed by atoms with Crippen molar-refractivity contribution in [3.8, 4) is 11.1 Å². The smallest absolute Gasteiger partial charge is 0.300 e. The van der Waals surface area contributed by atoms with Crippen molar-refractivity contribution in [2.24, 2.45) is 7.05 Å². The largest absolute Gasteiger partial charge is 0.481 e. The number of pyridine rings is 2. The lowest BCUT2D eigenvalue weighted by molar-refractivity contribution is -0.134. The van der Waals surface area contributed by atoms with Crippen molar-refractivity contribution in [1.29, 1.82) is 0 Å². The topological polar surface area (TPSA) is 130 Å². The number of carbonyl (C=O) groups is 3. The van der Waals surface area contributed by atoms with Crippen molar-refractivity contribution in [3.63, 3.8) is 0 Å². The fourth-order valence-corrected chi connectivity index (χ4v) is 3.19. The van der Waals surface area contributed by atoms with Crippen LogP contribution in [-0.4, -0.2) is 46.4 Å². The Bertz CT molecular complexity index is 1180. The maximum atomic E-state index is 11.4. The zero-order valence-electron chi connectivity index (χ0n) is 22.7. The molecular formula is C28H38N4O5. The van der Waals surface area contributed by atoms with E-state index in [9.17, 15) is 14.4 Å². The Labute approximate surface area is 218 Å². The summed E-state index contributed by atoms with van der Waals surface area (Å²) in [4.78, 5) is 46.0. The van der Waals surface area contributed by atoms with Gasteiger partial charge in [-0.15, -0.1) is 0 Å². The number of benzene rings is 1. The number of rotatable bonds is 6. The van der Waals surface area contributed by atoms with E-state index >= 15 is 0 Å². The van der Waals surface area contributed by atoms with E-state index in [0.29, 0.717) is 6.29 Å². The van der Waals surface area contributed by atoms with Crippen LogP contribution in [-0.2, 0) is 23.2 Å². The van der Waals surface area contributed by atoms with Crippen molar-refractivity contribution in [2.75, 3.05) is 13.6 Å². The summed E-state index contributed by atoms with van der Waals surface area (Å²) in [5.41, 5.74) is 5.98. The molecule has 0 saturated heterocycles. The summed E-state index contributed by atoms with van der Waals surface area (Å²) in [6.07, 6.45) is 5.96. The van der Waals surface area contributed by atoms with Gasteiger partial charge in [-0.1, -0.05) is 32.0 Å². The predicted octanol–water partition coefficient (Wildman–Crippen LogP) is 3.52. The molecule has 37 heavy (non-hydrogen) atoms. The highest BCUT2D eigenvalue weighted by Gasteiger charge is 2.09. The summed E-state index contributed by atoms with van der Waals surface area (Å²) in [5, 5.41) is 12.9. The molecular weight excluding hydrogens is 472 g/mol. The van der Waals surface area contributed by atoms with Gasteiger partial charge < -0.3 is 25.1 Å². The normalized spacial score (nSPS) is 9.27. The fourth-order valence-electron chi connectivity index (χ4n) is 3.19. The van der Waals surface area contributed by atoms with Crippen LogP contribution >= 0.6 is 0 Å². The number of aldehydes is 1. The molecule has 0 aliphatic carbocycles. The number of carbonyl (C=O) groups excluding carboxylic acids is 2. The van der Waals surface area contributed by atoms with Crippen molar-refractivity contribution < 1.29 is 19.5 Å². The number of hydrogen-bond acceptors (Lipinski definition) is 6. The standard InChI is InChI=1S/C15H18N2.C9H10N2O3.C2H4O2.C2H6/c1-11-5-4-6-12(2)15(11)14-7-13(8-16-3)9-17-10-14;1-11-5-2-3-7(9(11)14)8(13)10-4-6-12;1-2(3)4;1-2/h4-7,9-10,16H,8H2,1-3H3;2-3,5-6H,4H2,1H3,(H,10,13);1H3,(H,3,4);1-2H3. The number of nitrogens with one attached hydrogen (secondary N) is 2. The molecule has 3 rings (SSSR count). The fraction of sp³-hybridized carbons (Fsp3) is 0.321. The molecule has 0 unspecified atom stereocenters. The van der Waals surface area contributed by atoms with Crippen LogP contribution < -0.4 is 16.2 Å². The van der Waals surface area contributed by atoms with Gasteiger partial charge in [-0.3, -0.25) is 19.4 Å². The van der Waals surface area contributed by atoms with Crippen LogP contribution in [0.5, 0.6) is 0 Å². The minimum Gasteiger partial charge on any atom is -0.481 e. The quantitative estimate of drug-likeness (QED) is 0.433. The molecule has 2 heterocycles. The molecule has 200 valence electrons. The molecule has 9 nitrogen and oxygen atoms in total. The second-order valence-corrected chi connectivity index (χ2v) is 7.61. The molecule has 0 atom stereocenters. The van der Waals surface area contributed by atoms with Gasteiger partial charge in [-0.2, -0.15) is 0 Å². The van der Waals surface area contributed by atoms with E-state index in [1.807, 2.05) is 33.3 Å². The zero-order valence-corrected chi connectivity index (χ0v) is 22.7. The number of amides is 1. The Balaban J connectivity index is 0.000000586. The average molecular weight is 511 g/mol. The van der Waals surface area contributed by atoms with Gasteiger partial charge in [0, 0.05) is 44.7 Å². The summed E-state index contributed by atoms with van der Waals surface area (Å²) in [7, 11) is 3.50. The number of carboxylic acid groups (broad SMARTS) is 1. The molecule has 3 N–H and O–H groups in total. The highest BCUT2D eigenvalue weighted by Crippen LogP contribution is 2.26. The lowest BCUT2D eigenvalue weighted by atomic mass is 9.96. The van der Waals surface area contributed by atoms with Gasteiger partial charge in [0.25, 0.3) is 17.4 Å². The van der Waals surface area contributed by atoms with E-state index in [4.69, 9.17) is 9.90 Å². The number of aryl methyl sites for hydroxylation is 3. The molecule has 1 aromatic carbocycles. The number of nitrogens with zero attached hydrogens (tertiary/aromatic N) is 2. The molecule has 2 aromatic heterocycles. The van der Waals surface area contributed by atoms with Crippen LogP contribution in [0.4, 0.5) is 0 Å². The Kier molecular flexibility index (Phi) is 16.2. The van der Waals surface area contributed by atoms with E-state index in [2.05, 4.69) is 53.7 Å². The molecule has 0 aliphatic heterocycles. The molecule has 9 heteroatoms. The molecule has 0 radical (unpaired) electrons. The number of aromatic nitrogens is 2. The highest BCUT2D eigenvalue weighted by molar-refractivity contribution is 5.94. The summed E-state index contributed by atoms with van der Waals surface area (Å²) in [6, 6.07) is 11.6. The summed E-state index contributed by atoms with van der Waals surface area (Å²) < 4.78 is 1.30.